The van der Waals surface area contributed by atoms with Crippen molar-refractivity contribution in [2.45, 2.75) is 5.38 Å². The van der Waals surface area contributed by atoms with Gasteiger partial charge >= 0.3 is 0 Å². The third-order valence-corrected chi connectivity index (χ3v) is 3.89. The maximum atomic E-state index is 13.6. The lowest BCUT2D eigenvalue weighted by Crippen LogP contribution is -1.97. The Labute approximate surface area is 107 Å². The van der Waals surface area contributed by atoms with E-state index in [2.05, 4.69) is 0 Å². The van der Waals surface area contributed by atoms with Crippen molar-refractivity contribution in [3.05, 3.63) is 51.7 Å². The zero-order valence-corrected chi connectivity index (χ0v) is 10.5. The van der Waals surface area contributed by atoms with E-state index in [1.807, 2.05) is 5.38 Å². The first kappa shape index (κ1) is 12.3. The maximum Gasteiger partial charge on any atom is 0.134 e. The molecule has 0 aliphatic carbocycles. The van der Waals surface area contributed by atoms with Crippen LogP contribution in [0.4, 0.5) is 8.78 Å². The van der Waals surface area contributed by atoms with E-state index in [-0.39, 0.29) is 5.56 Å². The molecule has 2 aromatic rings. The van der Waals surface area contributed by atoms with Crippen molar-refractivity contribution in [1.29, 1.82) is 0 Å². The van der Waals surface area contributed by atoms with E-state index >= 15 is 0 Å². The van der Waals surface area contributed by atoms with Crippen LogP contribution in [-0.4, -0.2) is 7.11 Å². The summed E-state index contributed by atoms with van der Waals surface area (Å²) in [5.74, 6) is -0.660. The van der Waals surface area contributed by atoms with E-state index in [1.165, 1.54) is 30.6 Å². The van der Waals surface area contributed by atoms with E-state index in [1.54, 1.807) is 6.07 Å². The van der Waals surface area contributed by atoms with Crippen molar-refractivity contribution in [2.24, 2.45) is 0 Å². The minimum absolute atomic E-state index is 0.244. The average Bonchev–Trinajstić information content (AvgIpc) is 2.76. The minimum Gasteiger partial charge on any atom is -0.496 e. The first-order valence-corrected chi connectivity index (χ1v) is 6.15. The average molecular weight is 275 g/mol. The molecule has 0 bridgehead atoms. The maximum absolute atomic E-state index is 13.6. The van der Waals surface area contributed by atoms with Gasteiger partial charge in [-0.05, 0) is 17.5 Å². The second-order valence-corrected chi connectivity index (χ2v) is 4.77. The Kier molecular flexibility index (Phi) is 3.64. The summed E-state index contributed by atoms with van der Waals surface area (Å²) in [7, 11) is 1.52. The number of methoxy groups -OCH3 is 1. The van der Waals surface area contributed by atoms with Gasteiger partial charge in [-0.25, -0.2) is 8.78 Å². The molecule has 0 aliphatic rings. The van der Waals surface area contributed by atoms with Crippen molar-refractivity contribution >= 4 is 22.9 Å². The Morgan fingerprint density at radius 3 is 2.71 bits per heavy atom. The van der Waals surface area contributed by atoms with E-state index in [9.17, 15) is 8.78 Å². The van der Waals surface area contributed by atoms with Crippen LogP contribution in [0.2, 0.25) is 0 Å². The predicted octanol–water partition coefficient (Wildman–Crippen LogP) is 4.36. The normalized spacial score (nSPS) is 12.5. The summed E-state index contributed by atoms with van der Waals surface area (Å²) in [5, 5.41) is 1.14. The summed E-state index contributed by atoms with van der Waals surface area (Å²) in [6.07, 6.45) is 0. The summed E-state index contributed by atoms with van der Waals surface area (Å²) in [6.45, 7) is 0. The van der Waals surface area contributed by atoms with Gasteiger partial charge in [-0.15, -0.1) is 22.9 Å². The number of alkyl halides is 1. The van der Waals surface area contributed by atoms with Crippen LogP contribution >= 0.6 is 22.9 Å². The molecule has 1 aromatic heterocycles. The molecule has 0 saturated heterocycles. The Bertz CT molecular complexity index is 527. The molecule has 1 aromatic carbocycles. The van der Waals surface area contributed by atoms with Crippen molar-refractivity contribution in [3.8, 4) is 5.75 Å². The lowest BCUT2D eigenvalue weighted by molar-refractivity contribution is 0.412. The monoisotopic (exact) mass is 274 g/mol. The Morgan fingerprint density at radius 2 is 2.06 bits per heavy atom. The third kappa shape index (κ3) is 2.42. The van der Waals surface area contributed by atoms with Gasteiger partial charge < -0.3 is 4.74 Å². The fourth-order valence-electron chi connectivity index (χ4n) is 1.51. The molecule has 0 fully saturated rings. The van der Waals surface area contributed by atoms with Crippen LogP contribution in [0.25, 0.3) is 0 Å². The summed E-state index contributed by atoms with van der Waals surface area (Å²) in [6, 6.07) is 5.12. The highest BCUT2D eigenvalue weighted by Crippen LogP contribution is 2.39. The van der Waals surface area contributed by atoms with Gasteiger partial charge in [-0.3, -0.25) is 0 Å². The summed E-state index contributed by atoms with van der Waals surface area (Å²) < 4.78 is 31.5. The van der Waals surface area contributed by atoms with Crippen LogP contribution in [0.1, 0.15) is 15.8 Å². The van der Waals surface area contributed by atoms with Gasteiger partial charge in [-0.2, -0.15) is 0 Å². The molecule has 0 saturated carbocycles. The quantitative estimate of drug-likeness (QED) is 0.756. The van der Waals surface area contributed by atoms with Crippen molar-refractivity contribution in [2.75, 3.05) is 7.11 Å². The molecule has 1 atom stereocenters. The number of thiophene rings is 1. The molecule has 0 radical (unpaired) electrons. The highest BCUT2D eigenvalue weighted by Gasteiger charge is 2.20. The number of hydrogen-bond acceptors (Lipinski definition) is 2. The molecule has 17 heavy (non-hydrogen) atoms. The lowest BCUT2D eigenvalue weighted by Gasteiger charge is -2.11. The number of benzene rings is 1. The number of rotatable bonds is 3. The number of hydrogen-bond donors (Lipinski definition) is 0. The molecule has 1 heterocycles. The van der Waals surface area contributed by atoms with Crippen molar-refractivity contribution in [3.63, 3.8) is 0 Å². The number of halogens is 3. The third-order valence-electron chi connectivity index (χ3n) is 2.34. The smallest absolute Gasteiger partial charge is 0.134 e. The Hall–Kier alpha value is -1.13. The van der Waals surface area contributed by atoms with Crippen molar-refractivity contribution in [1.82, 2.24) is 0 Å². The Morgan fingerprint density at radius 1 is 1.29 bits per heavy atom. The van der Waals surface area contributed by atoms with Crippen LogP contribution < -0.4 is 4.74 Å². The van der Waals surface area contributed by atoms with Crippen LogP contribution in [0, 0.1) is 11.6 Å². The molecule has 0 amide bonds. The van der Waals surface area contributed by atoms with Crippen LogP contribution in [0.3, 0.4) is 0 Å². The predicted molar refractivity (Wildman–Crippen MR) is 64.9 cm³/mol. The summed E-state index contributed by atoms with van der Waals surface area (Å²) in [4.78, 5) is 0.708. The van der Waals surface area contributed by atoms with E-state index in [0.29, 0.717) is 10.6 Å². The summed E-state index contributed by atoms with van der Waals surface area (Å²) in [5.41, 5.74) is 0.244. The van der Waals surface area contributed by atoms with E-state index in [0.717, 1.165) is 6.07 Å². The fraction of sp³-hybridized carbons (Fsp3) is 0.167. The van der Waals surface area contributed by atoms with Crippen LogP contribution in [0.15, 0.2) is 29.6 Å². The first-order chi connectivity index (χ1) is 8.13. The lowest BCUT2D eigenvalue weighted by atomic mass is 10.1. The van der Waals surface area contributed by atoms with Gasteiger partial charge in [0.15, 0.2) is 0 Å². The van der Waals surface area contributed by atoms with Crippen LogP contribution in [0.5, 0.6) is 5.75 Å². The molecular formula is C12H9ClF2OS. The molecule has 0 aliphatic heterocycles. The van der Waals surface area contributed by atoms with Gasteiger partial charge in [-0.1, -0.05) is 6.07 Å². The van der Waals surface area contributed by atoms with Gasteiger partial charge in [0.25, 0.3) is 0 Å². The molecule has 5 heteroatoms. The standard InChI is InChI=1S/C12H9ClF2OS/c1-16-10-4-5-17-12(10)11(13)8-3-2-7(14)6-9(8)15/h2-6,11H,1H3. The topological polar surface area (TPSA) is 9.23 Å². The van der Waals surface area contributed by atoms with E-state index < -0.39 is 17.0 Å². The second-order valence-electron chi connectivity index (χ2n) is 3.38. The zero-order valence-electron chi connectivity index (χ0n) is 8.91. The molecule has 0 spiro atoms. The second kappa shape index (κ2) is 5.02. The molecule has 90 valence electrons. The SMILES string of the molecule is COc1ccsc1C(Cl)c1ccc(F)cc1F. The van der Waals surface area contributed by atoms with Gasteiger partial charge in [0.2, 0.25) is 0 Å². The van der Waals surface area contributed by atoms with Crippen molar-refractivity contribution < 1.29 is 13.5 Å². The van der Waals surface area contributed by atoms with Gasteiger partial charge in [0.05, 0.1) is 17.4 Å². The van der Waals surface area contributed by atoms with E-state index in [4.69, 9.17) is 16.3 Å². The number of ether oxygens (including phenoxy) is 1. The molecule has 1 nitrogen and oxygen atoms in total. The molecule has 1 unspecified atom stereocenters. The molecule has 0 N–H and O–H groups in total. The van der Waals surface area contributed by atoms with Gasteiger partial charge in [0.1, 0.15) is 17.4 Å². The first-order valence-electron chi connectivity index (χ1n) is 4.84. The van der Waals surface area contributed by atoms with Gasteiger partial charge in [0, 0.05) is 11.6 Å². The minimum atomic E-state index is -0.675. The summed E-state index contributed by atoms with van der Waals surface area (Å²) >= 11 is 7.56. The largest absolute Gasteiger partial charge is 0.496 e. The fourth-order valence-corrected chi connectivity index (χ4v) is 2.80. The highest BCUT2D eigenvalue weighted by atomic mass is 35.5. The molecular weight excluding hydrogens is 266 g/mol. The Balaban J connectivity index is 2.40. The molecule has 2 rings (SSSR count). The zero-order chi connectivity index (χ0) is 12.4. The van der Waals surface area contributed by atoms with Crippen LogP contribution in [-0.2, 0) is 0 Å². The highest BCUT2D eigenvalue weighted by molar-refractivity contribution is 7.10.